The number of nitrogens with zero attached hydrogens (tertiary/aromatic N) is 3. The van der Waals surface area contributed by atoms with Crippen molar-refractivity contribution in [1.29, 1.82) is 0 Å². The molecule has 1 aliphatic heterocycles. The maximum absolute atomic E-state index is 5.95. The third-order valence-corrected chi connectivity index (χ3v) is 2.66. The van der Waals surface area contributed by atoms with Crippen molar-refractivity contribution in [3.8, 4) is 0 Å². The molecule has 1 aliphatic rings. The number of aromatic nitrogens is 3. The molecule has 2 N–H and O–H groups in total. The van der Waals surface area contributed by atoms with Crippen molar-refractivity contribution in [2.24, 2.45) is 5.73 Å². The molecule has 0 saturated carbocycles. The van der Waals surface area contributed by atoms with Gasteiger partial charge in [0.25, 0.3) is 0 Å². The van der Waals surface area contributed by atoms with E-state index in [-0.39, 0.29) is 6.04 Å². The van der Waals surface area contributed by atoms with E-state index in [0.29, 0.717) is 6.04 Å². The fraction of sp³-hybridized carbons (Fsp3) is 0.778. The van der Waals surface area contributed by atoms with Crippen LogP contribution in [0.4, 0.5) is 0 Å². The van der Waals surface area contributed by atoms with Crippen LogP contribution in [-0.2, 0) is 6.42 Å². The number of nitrogens with two attached hydrogens (primary N) is 1. The fourth-order valence-electron chi connectivity index (χ4n) is 1.78. The van der Waals surface area contributed by atoms with Gasteiger partial charge in [-0.25, -0.2) is 9.67 Å². The highest BCUT2D eigenvalue weighted by molar-refractivity contribution is 5.02. The first-order valence-electron chi connectivity index (χ1n) is 4.93. The van der Waals surface area contributed by atoms with E-state index >= 15 is 0 Å². The van der Waals surface area contributed by atoms with Gasteiger partial charge in [-0.05, 0) is 19.8 Å². The maximum atomic E-state index is 5.95. The van der Waals surface area contributed by atoms with Gasteiger partial charge in [-0.15, -0.1) is 0 Å². The lowest BCUT2D eigenvalue weighted by Crippen LogP contribution is -2.25. The van der Waals surface area contributed by atoms with Crippen LogP contribution in [0.3, 0.4) is 0 Å². The Morgan fingerprint density at radius 3 is 2.92 bits per heavy atom. The van der Waals surface area contributed by atoms with E-state index in [4.69, 9.17) is 5.73 Å². The summed E-state index contributed by atoms with van der Waals surface area (Å²) in [6, 6.07) is 0.548. The largest absolute Gasteiger partial charge is 0.321 e. The zero-order valence-electron chi connectivity index (χ0n) is 8.20. The number of hydrogen-bond acceptors (Lipinski definition) is 3. The molecule has 0 fully saturated rings. The molecule has 1 aromatic heterocycles. The zero-order chi connectivity index (χ0) is 9.42. The normalized spacial score (nSPS) is 27.3. The molecular weight excluding hydrogens is 164 g/mol. The molecule has 0 aliphatic carbocycles. The highest BCUT2D eigenvalue weighted by atomic mass is 15.4. The Kier molecular flexibility index (Phi) is 2.07. The molecule has 0 spiro atoms. The quantitative estimate of drug-likeness (QED) is 0.706. The molecule has 0 radical (unpaired) electrons. The first-order chi connectivity index (χ1) is 6.22. The Balaban J connectivity index is 2.41. The molecule has 2 heterocycles. The average molecular weight is 180 g/mol. The van der Waals surface area contributed by atoms with Crippen molar-refractivity contribution < 1.29 is 0 Å². The van der Waals surface area contributed by atoms with Crippen LogP contribution < -0.4 is 5.73 Å². The summed E-state index contributed by atoms with van der Waals surface area (Å²) in [4.78, 5) is 4.43. The lowest BCUT2D eigenvalue weighted by atomic mass is 10.0. The monoisotopic (exact) mass is 180 g/mol. The van der Waals surface area contributed by atoms with Gasteiger partial charge in [0, 0.05) is 6.42 Å². The molecule has 2 rings (SSSR count). The lowest BCUT2D eigenvalue weighted by Gasteiger charge is -2.23. The number of aryl methyl sites for hydroxylation is 1. The molecule has 4 heteroatoms. The predicted molar refractivity (Wildman–Crippen MR) is 50.3 cm³/mol. The Morgan fingerprint density at radius 1 is 1.54 bits per heavy atom. The van der Waals surface area contributed by atoms with E-state index in [1.807, 2.05) is 4.68 Å². The SMILES string of the molecule is CCc1nc2n(n1)C(C)CCC2N. The van der Waals surface area contributed by atoms with E-state index in [9.17, 15) is 0 Å². The third kappa shape index (κ3) is 1.35. The van der Waals surface area contributed by atoms with Crippen LogP contribution in [0.15, 0.2) is 0 Å². The van der Waals surface area contributed by atoms with Crippen molar-refractivity contribution in [2.75, 3.05) is 0 Å². The van der Waals surface area contributed by atoms with Crippen LogP contribution in [0.2, 0.25) is 0 Å². The first kappa shape index (κ1) is 8.69. The van der Waals surface area contributed by atoms with Crippen LogP contribution in [0.1, 0.15) is 50.4 Å². The van der Waals surface area contributed by atoms with Gasteiger partial charge in [-0.1, -0.05) is 6.92 Å². The summed E-state index contributed by atoms with van der Waals surface area (Å²) < 4.78 is 1.99. The van der Waals surface area contributed by atoms with E-state index in [1.54, 1.807) is 0 Å². The number of rotatable bonds is 1. The van der Waals surface area contributed by atoms with Gasteiger partial charge in [0.15, 0.2) is 5.82 Å². The van der Waals surface area contributed by atoms with E-state index in [2.05, 4.69) is 23.9 Å². The van der Waals surface area contributed by atoms with Crippen molar-refractivity contribution in [2.45, 2.75) is 45.2 Å². The van der Waals surface area contributed by atoms with Gasteiger partial charge >= 0.3 is 0 Å². The molecule has 2 atom stereocenters. The van der Waals surface area contributed by atoms with Crippen LogP contribution in [0, 0.1) is 0 Å². The van der Waals surface area contributed by atoms with Gasteiger partial charge in [0.05, 0.1) is 12.1 Å². The molecule has 0 saturated heterocycles. The van der Waals surface area contributed by atoms with Gasteiger partial charge in [-0.3, -0.25) is 0 Å². The molecule has 1 aromatic rings. The summed E-state index contributed by atoms with van der Waals surface area (Å²) in [5.41, 5.74) is 5.95. The van der Waals surface area contributed by atoms with Crippen molar-refractivity contribution in [1.82, 2.24) is 14.8 Å². The van der Waals surface area contributed by atoms with Crippen LogP contribution in [0.5, 0.6) is 0 Å². The summed E-state index contributed by atoms with van der Waals surface area (Å²) in [6.45, 7) is 4.24. The van der Waals surface area contributed by atoms with Gasteiger partial charge in [0.2, 0.25) is 0 Å². The van der Waals surface area contributed by atoms with Gasteiger partial charge < -0.3 is 5.73 Å². The minimum atomic E-state index is 0.0870. The Morgan fingerprint density at radius 2 is 2.31 bits per heavy atom. The van der Waals surface area contributed by atoms with Crippen molar-refractivity contribution in [3.05, 3.63) is 11.6 Å². The zero-order valence-corrected chi connectivity index (χ0v) is 8.20. The standard InChI is InChI=1S/C9H16N4/c1-3-8-11-9-7(10)5-4-6(2)13(9)12-8/h6-7H,3-5,10H2,1-2H3. The highest BCUT2D eigenvalue weighted by Gasteiger charge is 2.24. The smallest absolute Gasteiger partial charge is 0.150 e. The molecular formula is C9H16N4. The highest BCUT2D eigenvalue weighted by Crippen LogP contribution is 2.28. The molecule has 72 valence electrons. The number of hydrogen-bond donors (Lipinski definition) is 1. The second-order valence-electron chi connectivity index (χ2n) is 3.72. The van der Waals surface area contributed by atoms with Crippen LogP contribution in [0.25, 0.3) is 0 Å². The second kappa shape index (κ2) is 3.10. The molecule has 4 nitrogen and oxygen atoms in total. The summed E-state index contributed by atoms with van der Waals surface area (Å²) in [5.74, 6) is 1.88. The van der Waals surface area contributed by atoms with E-state index in [0.717, 1.165) is 30.9 Å². The van der Waals surface area contributed by atoms with Crippen molar-refractivity contribution in [3.63, 3.8) is 0 Å². The maximum Gasteiger partial charge on any atom is 0.150 e. The Labute approximate surface area is 78.1 Å². The summed E-state index contributed by atoms with van der Waals surface area (Å²) >= 11 is 0. The molecule has 0 bridgehead atoms. The molecule has 0 amide bonds. The summed E-state index contributed by atoms with van der Waals surface area (Å²) in [7, 11) is 0. The predicted octanol–water partition coefficient (Wildman–Crippen LogP) is 1.20. The second-order valence-corrected chi connectivity index (χ2v) is 3.72. The number of fused-ring (bicyclic) bond motifs is 1. The minimum absolute atomic E-state index is 0.0870. The van der Waals surface area contributed by atoms with Gasteiger partial charge in [0.1, 0.15) is 5.82 Å². The Bertz CT molecular complexity index is 277. The third-order valence-electron chi connectivity index (χ3n) is 2.66. The average Bonchev–Trinajstić information content (AvgIpc) is 2.56. The minimum Gasteiger partial charge on any atom is -0.321 e. The van der Waals surface area contributed by atoms with Crippen LogP contribution >= 0.6 is 0 Å². The van der Waals surface area contributed by atoms with Gasteiger partial charge in [-0.2, -0.15) is 5.10 Å². The topological polar surface area (TPSA) is 56.7 Å². The first-order valence-corrected chi connectivity index (χ1v) is 4.93. The Hall–Kier alpha value is -0.900. The molecule has 13 heavy (non-hydrogen) atoms. The summed E-state index contributed by atoms with van der Waals surface area (Å²) in [6.07, 6.45) is 3.03. The molecule has 0 aromatic carbocycles. The fourth-order valence-corrected chi connectivity index (χ4v) is 1.78. The van der Waals surface area contributed by atoms with E-state index in [1.165, 1.54) is 0 Å². The lowest BCUT2D eigenvalue weighted by molar-refractivity contribution is 0.349. The van der Waals surface area contributed by atoms with E-state index < -0.39 is 0 Å². The van der Waals surface area contributed by atoms with Crippen molar-refractivity contribution >= 4 is 0 Å². The molecule has 2 unspecified atom stereocenters. The summed E-state index contributed by atoms with van der Waals surface area (Å²) in [5, 5.41) is 4.43. The van der Waals surface area contributed by atoms with Crippen LogP contribution in [-0.4, -0.2) is 14.8 Å².